The molecule has 0 spiro atoms. The van der Waals surface area contributed by atoms with Gasteiger partial charge in [-0.3, -0.25) is 4.79 Å². The van der Waals surface area contributed by atoms with E-state index in [-0.39, 0.29) is 35.7 Å². The van der Waals surface area contributed by atoms with Crippen LogP contribution in [0.1, 0.15) is 47.9 Å². The molecule has 2 aromatic rings. The van der Waals surface area contributed by atoms with Crippen molar-refractivity contribution in [3.8, 4) is 28.7 Å². The van der Waals surface area contributed by atoms with E-state index in [1.165, 1.54) is 0 Å². The third-order valence-corrected chi connectivity index (χ3v) is 7.29. The van der Waals surface area contributed by atoms with E-state index in [0.29, 0.717) is 28.7 Å². The summed E-state index contributed by atoms with van der Waals surface area (Å²) in [6.07, 6.45) is -0.192. The van der Waals surface area contributed by atoms with Crippen molar-refractivity contribution in [2.24, 2.45) is 11.8 Å². The molecule has 5 atom stereocenters. The minimum absolute atomic E-state index is 0.0193. The molecule has 0 N–H and O–H groups in total. The third kappa shape index (κ3) is 3.36. The van der Waals surface area contributed by atoms with Gasteiger partial charge in [0.1, 0.15) is 6.10 Å². The van der Waals surface area contributed by atoms with Gasteiger partial charge in [-0.1, -0.05) is 6.92 Å². The zero-order chi connectivity index (χ0) is 24.0. The van der Waals surface area contributed by atoms with Crippen molar-refractivity contribution >= 4 is 5.97 Å². The standard InChI is InChI=1S/C26H32O7/c1-12-20-13(2)24(31-7)19(30-6)11-16(20)22(23-21(12)14(3)33-26(23)27)15-9-17(28-4)25(32-8)18(10-15)29-5/h9-12,14,21-23H,1-8H3. The fraction of sp³-hybridized carbons (Fsp3) is 0.500. The molecule has 33 heavy (non-hydrogen) atoms. The minimum Gasteiger partial charge on any atom is -0.493 e. The summed E-state index contributed by atoms with van der Waals surface area (Å²) >= 11 is 0. The number of hydrogen-bond donors (Lipinski definition) is 0. The van der Waals surface area contributed by atoms with Gasteiger partial charge in [-0.25, -0.2) is 0 Å². The summed E-state index contributed by atoms with van der Waals surface area (Å²) in [5, 5.41) is 0. The van der Waals surface area contributed by atoms with E-state index < -0.39 is 0 Å². The van der Waals surface area contributed by atoms with E-state index >= 15 is 0 Å². The molecule has 7 nitrogen and oxygen atoms in total. The van der Waals surface area contributed by atoms with Crippen LogP contribution in [0.4, 0.5) is 0 Å². The van der Waals surface area contributed by atoms with Crippen molar-refractivity contribution in [3.63, 3.8) is 0 Å². The third-order valence-electron chi connectivity index (χ3n) is 7.29. The lowest BCUT2D eigenvalue weighted by molar-refractivity contribution is -0.144. The van der Waals surface area contributed by atoms with Crippen molar-refractivity contribution in [3.05, 3.63) is 40.5 Å². The number of carbonyl (C=O) groups is 1. The second kappa shape index (κ2) is 8.69. The summed E-state index contributed by atoms with van der Waals surface area (Å²) in [5.41, 5.74) is 4.10. The first-order valence-electron chi connectivity index (χ1n) is 11.1. The van der Waals surface area contributed by atoms with E-state index in [1.54, 1.807) is 35.5 Å². The number of methoxy groups -OCH3 is 5. The lowest BCUT2D eigenvalue weighted by Crippen LogP contribution is -2.36. The molecule has 0 amide bonds. The second-order valence-corrected chi connectivity index (χ2v) is 8.71. The van der Waals surface area contributed by atoms with E-state index in [4.69, 9.17) is 28.4 Å². The molecule has 0 aromatic heterocycles. The van der Waals surface area contributed by atoms with E-state index in [0.717, 1.165) is 22.3 Å². The van der Waals surface area contributed by atoms with Crippen LogP contribution in [0.2, 0.25) is 0 Å². The van der Waals surface area contributed by atoms with Gasteiger partial charge in [0.25, 0.3) is 0 Å². The molecule has 4 rings (SSSR count). The Morgan fingerprint density at radius 3 is 1.85 bits per heavy atom. The highest BCUT2D eigenvalue weighted by molar-refractivity contribution is 5.80. The number of fused-ring (bicyclic) bond motifs is 2. The average molecular weight is 457 g/mol. The zero-order valence-corrected chi connectivity index (χ0v) is 20.5. The van der Waals surface area contributed by atoms with Crippen LogP contribution in [0.3, 0.4) is 0 Å². The zero-order valence-electron chi connectivity index (χ0n) is 20.5. The molecule has 2 aromatic carbocycles. The number of rotatable bonds is 6. The molecule has 1 saturated heterocycles. The minimum atomic E-state index is -0.345. The largest absolute Gasteiger partial charge is 0.493 e. The van der Waals surface area contributed by atoms with Crippen LogP contribution in [0.15, 0.2) is 18.2 Å². The predicted octanol–water partition coefficient (Wildman–Crippen LogP) is 4.46. The fourth-order valence-electron chi connectivity index (χ4n) is 5.99. The van der Waals surface area contributed by atoms with E-state index in [9.17, 15) is 4.79 Å². The van der Waals surface area contributed by atoms with Crippen LogP contribution >= 0.6 is 0 Å². The van der Waals surface area contributed by atoms with Gasteiger partial charge in [0.05, 0.1) is 41.5 Å². The average Bonchev–Trinajstić information content (AvgIpc) is 3.11. The Morgan fingerprint density at radius 1 is 0.788 bits per heavy atom. The van der Waals surface area contributed by atoms with Gasteiger partial charge >= 0.3 is 5.97 Å². The number of benzene rings is 2. The normalized spacial score (nSPS) is 25.6. The van der Waals surface area contributed by atoms with Crippen LogP contribution in [0.5, 0.6) is 28.7 Å². The van der Waals surface area contributed by atoms with Crippen molar-refractivity contribution in [1.29, 1.82) is 0 Å². The van der Waals surface area contributed by atoms with Gasteiger partial charge in [-0.05, 0) is 60.2 Å². The molecule has 178 valence electrons. The van der Waals surface area contributed by atoms with Gasteiger partial charge in [-0.2, -0.15) is 0 Å². The monoisotopic (exact) mass is 456 g/mol. The van der Waals surface area contributed by atoms with Crippen LogP contribution in [0.25, 0.3) is 0 Å². The number of esters is 1. The summed E-state index contributed by atoms with van der Waals surface area (Å²) in [4.78, 5) is 13.2. The van der Waals surface area contributed by atoms with Crippen molar-refractivity contribution in [1.82, 2.24) is 0 Å². The molecule has 0 bridgehead atoms. The van der Waals surface area contributed by atoms with E-state index in [2.05, 4.69) is 6.92 Å². The maximum atomic E-state index is 13.2. The molecule has 1 fully saturated rings. The molecule has 1 aliphatic carbocycles. The highest BCUT2D eigenvalue weighted by atomic mass is 16.6. The van der Waals surface area contributed by atoms with Gasteiger partial charge in [0, 0.05) is 11.8 Å². The maximum absolute atomic E-state index is 13.2. The molecule has 2 aliphatic rings. The summed E-state index contributed by atoms with van der Waals surface area (Å²) in [7, 11) is 8.02. The second-order valence-electron chi connectivity index (χ2n) is 8.71. The van der Waals surface area contributed by atoms with Gasteiger partial charge < -0.3 is 28.4 Å². The first kappa shape index (κ1) is 23.1. The number of hydrogen-bond acceptors (Lipinski definition) is 7. The summed E-state index contributed by atoms with van der Waals surface area (Å²) in [6, 6.07) is 5.84. The fourth-order valence-corrected chi connectivity index (χ4v) is 5.99. The summed E-state index contributed by atoms with van der Waals surface area (Å²) in [5.74, 6) is 2.26. The molecule has 5 unspecified atom stereocenters. The molecular formula is C26H32O7. The Bertz CT molecular complexity index is 1050. The van der Waals surface area contributed by atoms with Crippen LogP contribution in [-0.2, 0) is 9.53 Å². The van der Waals surface area contributed by atoms with Gasteiger partial charge in [0.15, 0.2) is 23.0 Å². The number of cyclic esters (lactones) is 1. The summed E-state index contributed by atoms with van der Waals surface area (Å²) in [6.45, 7) is 6.19. The first-order chi connectivity index (χ1) is 15.8. The highest BCUT2D eigenvalue weighted by Gasteiger charge is 2.54. The van der Waals surface area contributed by atoms with Gasteiger partial charge in [0.2, 0.25) is 5.75 Å². The number of carbonyl (C=O) groups excluding carboxylic acids is 1. The first-order valence-corrected chi connectivity index (χ1v) is 11.1. The Balaban J connectivity index is 2.05. The lowest BCUT2D eigenvalue weighted by atomic mass is 9.61. The van der Waals surface area contributed by atoms with Crippen molar-refractivity contribution in [2.45, 2.75) is 38.7 Å². The maximum Gasteiger partial charge on any atom is 0.310 e. The predicted molar refractivity (Wildman–Crippen MR) is 123 cm³/mol. The van der Waals surface area contributed by atoms with Crippen molar-refractivity contribution < 1.29 is 33.2 Å². The Hall–Kier alpha value is -3.09. The lowest BCUT2D eigenvalue weighted by Gasteiger charge is -2.40. The topological polar surface area (TPSA) is 72.5 Å². The van der Waals surface area contributed by atoms with Crippen LogP contribution in [0, 0.1) is 18.8 Å². The van der Waals surface area contributed by atoms with Gasteiger partial charge in [-0.15, -0.1) is 0 Å². The molecular weight excluding hydrogens is 424 g/mol. The summed E-state index contributed by atoms with van der Waals surface area (Å²) < 4.78 is 33.9. The molecule has 7 heteroatoms. The van der Waals surface area contributed by atoms with E-state index in [1.807, 2.05) is 32.0 Å². The van der Waals surface area contributed by atoms with Crippen LogP contribution < -0.4 is 23.7 Å². The quantitative estimate of drug-likeness (QED) is 0.594. The Labute approximate surface area is 194 Å². The molecule has 1 heterocycles. The smallest absolute Gasteiger partial charge is 0.310 e. The Morgan fingerprint density at radius 2 is 1.33 bits per heavy atom. The van der Waals surface area contributed by atoms with Crippen molar-refractivity contribution in [2.75, 3.05) is 35.5 Å². The van der Waals surface area contributed by atoms with Crippen LogP contribution in [-0.4, -0.2) is 47.6 Å². The molecule has 0 radical (unpaired) electrons. The SMILES string of the molecule is COc1cc(C2c3cc(OC)c(OC)c(C)c3C(C)C3C(C)OC(=O)C23)cc(OC)c1OC. The highest BCUT2D eigenvalue weighted by Crippen LogP contribution is 2.58. The number of ether oxygens (including phenoxy) is 6. The molecule has 1 aliphatic heterocycles. The molecule has 0 saturated carbocycles. The Kier molecular flexibility index (Phi) is 6.08.